The van der Waals surface area contributed by atoms with Crippen molar-refractivity contribution in [2.45, 2.75) is 44.4 Å². The van der Waals surface area contributed by atoms with Gasteiger partial charge in [-0.1, -0.05) is 0 Å². The molecule has 2 heterocycles. The summed E-state index contributed by atoms with van der Waals surface area (Å²) in [6.07, 6.45) is 2.80. The maximum atomic E-state index is 12.8. The van der Waals surface area contributed by atoms with E-state index >= 15 is 0 Å². The minimum absolute atomic E-state index is 0.0834. The molecule has 2 aliphatic heterocycles. The van der Waals surface area contributed by atoms with Crippen molar-refractivity contribution in [3.05, 3.63) is 11.9 Å². The van der Waals surface area contributed by atoms with Crippen molar-refractivity contribution in [3.8, 4) is 0 Å². The van der Waals surface area contributed by atoms with Crippen LogP contribution >= 0.6 is 0 Å². The molecule has 0 saturated carbocycles. The summed E-state index contributed by atoms with van der Waals surface area (Å²) in [5, 5.41) is 0. The Bertz CT molecular complexity index is 348. The lowest BCUT2D eigenvalue weighted by atomic mass is 9.93. The first-order chi connectivity index (χ1) is 9.59. The molecular weight excluding hydrogens is 261 g/mol. The van der Waals surface area contributed by atoms with Gasteiger partial charge in [-0.05, 0) is 32.3 Å². The number of rotatable bonds is 7. The number of hydrogen-bond acceptors (Lipinski definition) is 4. The summed E-state index contributed by atoms with van der Waals surface area (Å²) in [7, 11) is 1.67. The highest BCUT2D eigenvalue weighted by atomic mass is 19.1. The molecular formula is C15H26FNO3. The third-order valence-electron chi connectivity index (χ3n) is 4.13. The highest BCUT2D eigenvalue weighted by Gasteiger charge is 2.50. The summed E-state index contributed by atoms with van der Waals surface area (Å²) in [6.45, 7) is 7.48. The third kappa shape index (κ3) is 3.58. The first-order valence-electron chi connectivity index (χ1n) is 7.35. The van der Waals surface area contributed by atoms with Gasteiger partial charge in [0.15, 0.2) is 0 Å². The quantitative estimate of drug-likeness (QED) is 0.671. The van der Waals surface area contributed by atoms with Gasteiger partial charge in [-0.25, -0.2) is 4.39 Å². The fourth-order valence-electron chi connectivity index (χ4n) is 3.20. The van der Waals surface area contributed by atoms with Gasteiger partial charge in [-0.15, -0.1) is 0 Å². The molecule has 2 atom stereocenters. The van der Waals surface area contributed by atoms with Crippen molar-refractivity contribution in [2.24, 2.45) is 0 Å². The molecule has 20 heavy (non-hydrogen) atoms. The molecule has 0 aromatic heterocycles. The van der Waals surface area contributed by atoms with Gasteiger partial charge in [0.05, 0.1) is 43.9 Å². The zero-order valence-electron chi connectivity index (χ0n) is 12.7. The molecule has 2 fully saturated rings. The lowest BCUT2D eigenvalue weighted by Gasteiger charge is -2.31. The van der Waals surface area contributed by atoms with Crippen LogP contribution in [0.4, 0.5) is 4.39 Å². The molecule has 0 unspecified atom stereocenters. The molecule has 0 aliphatic carbocycles. The number of hydrogen-bond donors (Lipinski definition) is 0. The van der Waals surface area contributed by atoms with E-state index in [4.69, 9.17) is 14.2 Å². The van der Waals surface area contributed by atoms with E-state index in [0.29, 0.717) is 26.4 Å². The molecule has 2 saturated heterocycles. The van der Waals surface area contributed by atoms with E-state index < -0.39 is 0 Å². The maximum absolute atomic E-state index is 12.8. The minimum atomic E-state index is -0.0834. The largest absolute Gasteiger partial charge is 0.382 e. The number of nitrogens with zero attached hydrogens (tertiary/aromatic N) is 1. The molecule has 5 heteroatoms. The number of methoxy groups -OCH3 is 1. The lowest BCUT2D eigenvalue weighted by molar-refractivity contribution is -0.00110. The lowest BCUT2D eigenvalue weighted by Crippen LogP contribution is -2.43. The molecule has 0 spiro atoms. The van der Waals surface area contributed by atoms with Crippen molar-refractivity contribution >= 4 is 0 Å². The Hall–Kier alpha value is -0.490. The predicted molar refractivity (Wildman–Crippen MR) is 75.4 cm³/mol. The van der Waals surface area contributed by atoms with E-state index in [0.717, 1.165) is 31.3 Å². The van der Waals surface area contributed by atoms with Crippen LogP contribution in [0, 0.1) is 0 Å². The Kier molecular flexibility index (Phi) is 5.55. The van der Waals surface area contributed by atoms with E-state index in [9.17, 15) is 4.39 Å². The van der Waals surface area contributed by atoms with Crippen molar-refractivity contribution in [3.63, 3.8) is 0 Å². The topological polar surface area (TPSA) is 30.9 Å². The molecule has 0 aromatic rings. The smallest absolute Gasteiger partial charge is 0.0872 e. The van der Waals surface area contributed by atoms with Crippen LogP contribution in [0.5, 0.6) is 0 Å². The van der Waals surface area contributed by atoms with E-state index in [2.05, 4.69) is 4.90 Å². The number of halogens is 1. The standard InChI is InChI=1S/C15H26FNO3/c1-12(2)20-11-15-6-13(8-16)9-17(15)10-14(7-15)19-5-4-18-3/h8,12,14H,4-7,9-11H2,1-3H3/b13-8+/t14-,15+/m0/s1. The van der Waals surface area contributed by atoms with Crippen LogP contribution in [0.3, 0.4) is 0 Å². The van der Waals surface area contributed by atoms with Crippen molar-refractivity contribution in [1.82, 2.24) is 4.90 Å². The van der Waals surface area contributed by atoms with E-state index in [1.54, 1.807) is 7.11 Å². The van der Waals surface area contributed by atoms with Crippen LogP contribution in [0.2, 0.25) is 0 Å². The van der Waals surface area contributed by atoms with E-state index in [1.807, 2.05) is 13.8 Å². The average molecular weight is 287 g/mol. The Morgan fingerprint density at radius 2 is 2.25 bits per heavy atom. The fourth-order valence-corrected chi connectivity index (χ4v) is 3.20. The van der Waals surface area contributed by atoms with Gasteiger partial charge in [-0.2, -0.15) is 0 Å². The highest BCUT2D eigenvalue weighted by molar-refractivity contribution is 5.20. The summed E-state index contributed by atoms with van der Waals surface area (Å²) < 4.78 is 29.5. The summed E-state index contributed by atoms with van der Waals surface area (Å²) in [5.41, 5.74) is 0.785. The molecule has 0 aromatic carbocycles. The second kappa shape index (κ2) is 6.98. The summed E-state index contributed by atoms with van der Waals surface area (Å²) >= 11 is 0. The zero-order chi connectivity index (χ0) is 14.6. The van der Waals surface area contributed by atoms with Gasteiger partial charge < -0.3 is 14.2 Å². The van der Waals surface area contributed by atoms with Gasteiger partial charge in [0.1, 0.15) is 0 Å². The summed E-state index contributed by atoms with van der Waals surface area (Å²) in [4.78, 5) is 2.32. The summed E-state index contributed by atoms with van der Waals surface area (Å²) in [5.74, 6) is 0. The number of fused-ring (bicyclic) bond motifs is 1. The molecule has 0 bridgehead atoms. The number of ether oxygens (including phenoxy) is 3. The Balaban J connectivity index is 1.96. The molecule has 116 valence electrons. The van der Waals surface area contributed by atoms with Crippen LogP contribution < -0.4 is 0 Å². The fraction of sp³-hybridized carbons (Fsp3) is 0.867. The normalized spacial score (nSPS) is 32.5. The van der Waals surface area contributed by atoms with Crippen LogP contribution in [0.1, 0.15) is 26.7 Å². The minimum Gasteiger partial charge on any atom is -0.382 e. The maximum Gasteiger partial charge on any atom is 0.0872 e. The van der Waals surface area contributed by atoms with Crippen molar-refractivity contribution in [2.75, 3.05) is 40.0 Å². The zero-order valence-corrected chi connectivity index (χ0v) is 12.7. The third-order valence-corrected chi connectivity index (χ3v) is 4.13. The van der Waals surface area contributed by atoms with Crippen LogP contribution in [0.25, 0.3) is 0 Å². The van der Waals surface area contributed by atoms with Gasteiger partial charge in [-0.3, -0.25) is 4.90 Å². The molecule has 2 aliphatic rings. The molecule has 0 N–H and O–H groups in total. The second-order valence-corrected chi connectivity index (χ2v) is 6.10. The van der Waals surface area contributed by atoms with E-state index in [1.165, 1.54) is 0 Å². The molecule has 2 rings (SSSR count). The Morgan fingerprint density at radius 1 is 1.45 bits per heavy atom. The molecule has 0 radical (unpaired) electrons. The van der Waals surface area contributed by atoms with Gasteiger partial charge >= 0.3 is 0 Å². The SMILES string of the molecule is COCCO[C@@H]1CN2C/C(=C/F)C[C@]2(COC(C)C)C1. The van der Waals surface area contributed by atoms with Gasteiger partial charge in [0.25, 0.3) is 0 Å². The Labute approximate surface area is 120 Å². The van der Waals surface area contributed by atoms with Gasteiger partial charge in [0, 0.05) is 20.2 Å². The van der Waals surface area contributed by atoms with Crippen molar-refractivity contribution < 1.29 is 18.6 Å². The van der Waals surface area contributed by atoms with E-state index in [-0.39, 0.29) is 17.7 Å². The van der Waals surface area contributed by atoms with Crippen molar-refractivity contribution in [1.29, 1.82) is 0 Å². The van der Waals surface area contributed by atoms with Crippen LogP contribution in [-0.4, -0.2) is 62.7 Å². The Morgan fingerprint density at radius 3 is 2.90 bits per heavy atom. The monoisotopic (exact) mass is 287 g/mol. The highest BCUT2D eigenvalue weighted by Crippen LogP contribution is 2.42. The summed E-state index contributed by atoms with van der Waals surface area (Å²) in [6, 6.07) is 0. The average Bonchev–Trinajstić information content (AvgIpc) is 2.90. The van der Waals surface area contributed by atoms with Crippen LogP contribution in [-0.2, 0) is 14.2 Å². The predicted octanol–water partition coefficient (Wildman–Crippen LogP) is 2.14. The van der Waals surface area contributed by atoms with Gasteiger partial charge in [0.2, 0.25) is 0 Å². The first-order valence-corrected chi connectivity index (χ1v) is 7.35. The second-order valence-electron chi connectivity index (χ2n) is 6.10. The molecule has 4 nitrogen and oxygen atoms in total. The first kappa shape index (κ1) is 15.9. The molecule has 0 amide bonds. The van der Waals surface area contributed by atoms with Crippen LogP contribution in [0.15, 0.2) is 11.9 Å².